The van der Waals surface area contributed by atoms with E-state index in [0.717, 1.165) is 11.8 Å². The minimum absolute atomic E-state index is 0.102. The SMILES string of the molecule is CNC(=O)CSC1=C(C#N)C(C)(C)[C@H](C#N)C(=O)N1. The van der Waals surface area contributed by atoms with Crippen molar-refractivity contribution in [2.24, 2.45) is 11.3 Å². The molecule has 0 fully saturated rings. The summed E-state index contributed by atoms with van der Waals surface area (Å²) in [6, 6.07) is 3.95. The van der Waals surface area contributed by atoms with Crippen molar-refractivity contribution >= 4 is 23.6 Å². The number of amides is 2. The van der Waals surface area contributed by atoms with E-state index in [1.807, 2.05) is 12.1 Å². The highest BCUT2D eigenvalue weighted by Gasteiger charge is 2.44. The first-order valence-electron chi connectivity index (χ1n) is 5.57. The fourth-order valence-corrected chi connectivity index (χ4v) is 2.79. The summed E-state index contributed by atoms with van der Waals surface area (Å²) >= 11 is 1.09. The first-order valence-corrected chi connectivity index (χ1v) is 6.55. The number of nitrogens with zero attached hydrogens (tertiary/aromatic N) is 2. The van der Waals surface area contributed by atoms with E-state index in [1.165, 1.54) is 7.05 Å². The molecule has 0 saturated carbocycles. The number of rotatable bonds is 3. The van der Waals surface area contributed by atoms with Crippen LogP contribution in [-0.4, -0.2) is 24.6 Å². The molecule has 7 heteroatoms. The van der Waals surface area contributed by atoms with Crippen LogP contribution >= 0.6 is 11.8 Å². The summed E-state index contributed by atoms with van der Waals surface area (Å²) in [6.45, 7) is 3.36. The van der Waals surface area contributed by atoms with Crippen molar-refractivity contribution < 1.29 is 9.59 Å². The van der Waals surface area contributed by atoms with Crippen LogP contribution in [0.15, 0.2) is 10.6 Å². The maximum atomic E-state index is 11.8. The molecule has 1 aliphatic heterocycles. The van der Waals surface area contributed by atoms with Crippen LogP contribution in [-0.2, 0) is 9.59 Å². The van der Waals surface area contributed by atoms with Crippen LogP contribution in [0.5, 0.6) is 0 Å². The number of allylic oxidation sites excluding steroid dienone is 1. The van der Waals surface area contributed by atoms with Gasteiger partial charge in [-0.2, -0.15) is 10.5 Å². The zero-order valence-electron chi connectivity index (χ0n) is 10.9. The summed E-state index contributed by atoms with van der Waals surface area (Å²) in [6.07, 6.45) is 0. The average Bonchev–Trinajstić information content (AvgIpc) is 2.35. The Morgan fingerprint density at radius 3 is 2.63 bits per heavy atom. The van der Waals surface area contributed by atoms with Crippen LogP contribution in [0.3, 0.4) is 0 Å². The van der Waals surface area contributed by atoms with Crippen LogP contribution in [0.25, 0.3) is 0 Å². The standard InChI is InChI=1S/C12H14N4O2S/c1-12(2)7(4-13)10(18)16-11(8(12)5-14)19-6-9(17)15-3/h7H,6H2,1-3H3,(H,15,17)(H,16,18)/t7-/m1/s1. The van der Waals surface area contributed by atoms with Gasteiger partial charge in [-0.1, -0.05) is 25.6 Å². The van der Waals surface area contributed by atoms with Crippen molar-refractivity contribution in [1.29, 1.82) is 10.5 Å². The van der Waals surface area contributed by atoms with Gasteiger partial charge < -0.3 is 10.6 Å². The van der Waals surface area contributed by atoms with Gasteiger partial charge in [-0.25, -0.2) is 0 Å². The minimum Gasteiger partial charge on any atom is -0.358 e. The molecular formula is C12H14N4O2S. The molecule has 0 unspecified atom stereocenters. The first-order chi connectivity index (χ1) is 8.88. The number of nitriles is 2. The van der Waals surface area contributed by atoms with Gasteiger partial charge in [0.25, 0.3) is 0 Å². The van der Waals surface area contributed by atoms with E-state index in [2.05, 4.69) is 10.6 Å². The monoisotopic (exact) mass is 278 g/mol. The van der Waals surface area contributed by atoms with E-state index in [0.29, 0.717) is 10.6 Å². The topological polar surface area (TPSA) is 106 Å². The second-order valence-electron chi connectivity index (χ2n) is 4.55. The molecule has 1 aliphatic rings. The van der Waals surface area contributed by atoms with Crippen molar-refractivity contribution in [3.8, 4) is 12.1 Å². The molecule has 1 rings (SSSR count). The van der Waals surface area contributed by atoms with E-state index >= 15 is 0 Å². The third kappa shape index (κ3) is 2.88. The van der Waals surface area contributed by atoms with Crippen LogP contribution in [0.4, 0.5) is 0 Å². The number of carbonyl (C=O) groups excluding carboxylic acids is 2. The predicted molar refractivity (Wildman–Crippen MR) is 70.2 cm³/mol. The van der Waals surface area contributed by atoms with Gasteiger partial charge in [0.05, 0.1) is 28.5 Å². The van der Waals surface area contributed by atoms with Crippen molar-refractivity contribution in [2.75, 3.05) is 12.8 Å². The molecule has 19 heavy (non-hydrogen) atoms. The third-order valence-electron chi connectivity index (χ3n) is 2.96. The number of thioether (sulfide) groups is 1. The summed E-state index contributed by atoms with van der Waals surface area (Å²) in [7, 11) is 1.51. The second-order valence-corrected chi connectivity index (χ2v) is 5.54. The van der Waals surface area contributed by atoms with Crippen LogP contribution in [0.1, 0.15) is 13.8 Å². The largest absolute Gasteiger partial charge is 0.358 e. The highest BCUT2D eigenvalue weighted by molar-refractivity contribution is 8.03. The Balaban J connectivity index is 3.11. The molecule has 0 aromatic carbocycles. The Bertz CT molecular complexity index is 525. The van der Waals surface area contributed by atoms with E-state index in [9.17, 15) is 14.9 Å². The molecule has 0 aromatic heterocycles. The van der Waals surface area contributed by atoms with Crippen LogP contribution in [0.2, 0.25) is 0 Å². The maximum absolute atomic E-state index is 11.8. The van der Waals surface area contributed by atoms with Gasteiger partial charge in [0.2, 0.25) is 11.8 Å². The van der Waals surface area contributed by atoms with Gasteiger partial charge in [-0.15, -0.1) is 0 Å². The summed E-state index contributed by atoms with van der Waals surface area (Å²) in [5.41, 5.74) is -0.538. The molecule has 1 atom stereocenters. The minimum atomic E-state index is -0.911. The lowest BCUT2D eigenvalue weighted by Gasteiger charge is -2.34. The summed E-state index contributed by atoms with van der Waals surface area (Å²) in [4.78, 5) is 23.0. The summed E-state index contributed by atoms with van der Waals surface area (Å²) in [5.74, 6) is -1.45. The third-order valence-corrected chi connectivity index (χ3v) is 3.96. The summed E-state index contributed by atoms with van der Waals surface area (Å²) < 4.78 is 0. The molecule has 0 spiro atoms. The number of nitrogens with one attached hydrogen (secondary N) is 2. The van der Waals surface area contributed by atoms with Crippen molar-refractivity contribution in [2.45, 2.75) is 13.8 Å². The van der Waals surface area contributed by atoms with Gasteiger partial charge in [-0.3, -0.25) is 9.59 Å². The Hall–Kier alpha value is -1.99. The zero-order chi connectivity index (χ0) is 14.6. The molecular weight excluding hydrogens is 264 g/mol. The molecule has 2 N–H and O–H groups in total. The van der Waals surface area contributed by atoms with E-state index in [4.69, 9.17) is 5.26 Å². The Kier molecular flexibility index (Phi) is 4.57. The fraction of sp³-hybridized carbons (Fsp3) is 0.500. The molecule has 100 valence electrons. The predicted octanol–water partition coefficient (Wildman–Crippen LogP) is 0.497. The van der Waals surface area contributed by atoms with Gasteiger partial charge >= 0.3 is 0 Å². The van der Waals surface area contributed by atoms with Crippen molar-refractivity contribution in [3.05, 3.63) is 10.6 Å². The molecule has 0 bridgehead atoms. The van der Waals surface area contributed by atoms with Crippen molar-refractivity contribution in [3.63, 3.8) is 0 Å². The number of hydrogen-bond acceptors (Lipinski definition) is 5. The fourth-order valence-electron chi connectivity index (χ4n) is 1.74. The Morgan fingerprint density at radius 2 is 2.16 bits per heavy atom. The Labute approximate surface area is 115 Å². The lowest BCUT2D eigenvalue weighted by atomic mass is 9.72. The molecule has 6 nitrogen and oxygen atoms in total. The molecule has 0 saturated heterocycles. The number of hydrogen-bond donors (Lipinski definition) is 2. The molecule has 1 heterocycles. The van der Waals surface area contributed by atoms with E-state index in [1.54, 1.807) is 13.8 Å². The molecule has 0 radical (unpaired) electrons. The molecule has 0 aromatic rings. The van der Waals surface area contributed by atoms with Gasteiger partial charge in [0.1, 0.15) is 5.92 Å². The van der Waals surface area contributed by atoms with Crippen LogP contribution < -0.4 is 10.6 Å². The highest BCUT2D eigenvalue weighted by atomic mass is 32.2. The van der Waals surface area contributed by atoms with Crippen molar-refractivity contribution in [1.82, 2.24) is 10.6 Å². The molecule has 0 aliphatic carbocycles. The lowest BCUT2D eigenvalue weighted by molar-refractivity contribution is -0.125. The second kappa shape index (κ2) is 5.77. The van der Waals surface area contributed by atoms with Gasteiger partial charge in [0, 0.05) is 12.5 Å². The lowest BCUT2D eigenvalue weighted by Crippen LogP contribution is -2.44. The first kappa shape index (κ1) is 15.1. The summed E-state index contributed by atoms with van der Waals surface area (Å²) in [5, 5.41) is 23.6. The maximum Gasteiger partial charge on any atom is 0.243 e. The van der Waals surface area contributed by atoms with E-state index < -0.39 is 17.2 Å². The smallest absolute Gasteiger partial charge is 0.243 e. The average molecular weight is 278 g/mol. The quantitative estimate of drug-likeness (QED) is 0.781. The van der Waals surface area contributed by atoms with Gasteiger partial charge in [0.15, 0.2) is 0 Å². The normalized spacial score (nSPS) is 21.1. The number of carbonyl (C=O) groups is 2. The zero-order valence-corrected chi connectivity index (χ0v) is 11.7. The molecule has 2 amide bonds. The van der Waals surface area contributed by atoms with E-state index in [-0.39, 0.29) is 11.7 Å². The van der Waals surface area contributed by atoms with Crippen LogP contribution in [0, 0.1) is 34.0 Å². The Morgan fingerprint density at radius 1 is 1.53 bits per heavy atom. The van der Waals surface area contributed by atoms with Gasteiger partial charge in [-0.05, 0) is 0 Å². The highest BCUT2D eigenvalue weighted by Crippen LogP contribution is 2.41.